The van der Waals surface area contributed by atoms with Gasteiger partial charge in [0.15, 0.2) is 0 Å². The quantitative estimate of drug-likeness (QED) is 0.232. The number of nitrogens with zero attached hydrogens (tertiary/aromatic N) is 5. The van der Waals surface area contributed by atoms with Crippen LogP contribution in [0.2, 0.25) is 0 Å². The highest BCUT2D eigenvalue weighted by Gasteiger charge is 2.35. The molecule has 0 spiro atoms. The zero-order valence-electron chi connectivity index (χ0n) is 22.2. The summed E-state index contributed by atoms with van der Waals surface area (Å²) in [5.41, 5.74) is 7.37. The molecule has 0 radical (unpaired) electrons. The maximum atomic E-state index is 12.8. The zero-order chi connectivity index (χ0) is 26.3. The number of benzene rings is 2. The van der Waals surface area contributed by atoms with Crippen molar-refractivity contribution in [1.82, 2.24) is 24.3 Å². The number of rotatable bonds is 8. The molecule has 0 fully saturated rings. The number of unbranched alkanes of at least 4 members (excludes halogenated alkanes) is 1. The van der Waals surface area contributed by atoms with Crippen molar-refractivity contribution < 1.29 is 9.59 Å². The summed E-state index contributed by atoms with van der Waals surface area (Å²) in [6.45, 7) is 3.08. The Hall–Kier alpha value is -3.84. The number of carbonyl (C=O) groups excluding carboxylic acids is 2. The van der Waals surface area contributed by atoms with Crippen molar-refractivity contribution in [2.75, 3.05) is 13.1 Å². The number of para-hydroxylation sites is 1. The summed E-state index contributed by atoms with van der Waals surface area (Å²) >= 11 is 0. The van der Waals surface area contributed by atoms with E-state index in [2.05, 4.69) is 33.7 Å². The lowest BCUT2D eigenvalue weighted by molar-refractivity contribution is 0.0648. The highest BCUT2D eigenvalue weighted by molar-refractivity contribution is 6.21. The van der Waals surface area contributed by atoms with Gasteiger partial charge in [-0.25, -0.2) is 4.98 Å². The standard InChI is InChI=1S/C32H33N5O2/c38-31-24-13-1-2-14-25(24)32(39)37(31)19-4-3-18-35(27-16-6-9-22-11-7-17-33-29(22)27)21-28-34-26-15-5-10-23-12-8-20-36(28)30(23)26/h1-2,5,7,10-11,13-15,17,27H,3-4,6,8-9,12,16,18-21H2. The molecule has 0 N–H and O–H groups in total. The smallest absolute Gasteiger partial charge is 0.261 e. The average molecular weight is 520 g/mol. The van der Waals surface area contributed by atoms with Crippen LogP contribution in [0, 0.1) is 0 Å². The number of hydrogen-bond acceptors (Lipinski definition) is 5. The van der Waals surface area contributed by atoms with Crippen molar-refractivity contribution >= 4 is 22.8 Å². The van der Waals surface area contributed by atoms with Gasteiger partial charge in [0.25, 0.3) is 11.8 Å². The van der Waals surface area contributed by atoms with Crippen LogP contribution in [0.3, 0.4) is 0 Å². The minimum Gasteiger partial charge on any atom is -0.327 e. The van der Waals surface area contributed by atoms with E-state index in [0.717, 1.165) is 75.9 Å². The third-order valence-corrected chi connectivity index (χ3v) is 8.66. The van der Waals surface area contributed by atoms with E-state index >= 15 is 0 Å². The van der Waals surface area contributed by atoms with E-state index in [1.54, 1.807) is 12.1 Å². The fraction of sp³-hybridized carbons (Fsp3) is 0.375. The lowest BCUT2D eigenvalue weighted by Crippen LogP contribution is -2.35. The van der Waals surface area contributed by atoms with Gasteiger partial charge in [-0.15, -0.1) is 0 Å². The first kappa shape index (κ1) is 24.2. The molecule has 0 saturated heterocycles. The molecule has 198 valence electrons. The first-order valence-corrected chi connectivity index (χ1v) is 14.3. The predicted molar refractivity (Wildman–Crippen MR) is 149 cm³/mol. The number of imidazole rings is 1. The molecule has 2 aromatic heterocycles. The second kappa shape index (κ2) is 10.0. The van der Waals surface area contributed by atoms with Crippen molar-refractivity contribution in [1.29, 1.82) is 0 Å². The van der Waals surface area contributed by atoms with Gasteiger partial charge < -0.3 is 4.57 Å². The summed E-state index contributed by atoms with van der Waals surface area (Å²) in [6.07, 6.45) is 9.13. The van der Waals surface area contributed by atoms with E-state index in [0.29, 0.717) is 17.7 Å². The number of amides is 2. The highest BCUT2D eigenvalue weighted by Crippen LogP contribution is 2.35. The molecule has 0 bridgehead atoms. The highest BCUT2D eigenvalue weighted by atomic mass is 16.2. The fourth-order valence-electron chi connectivity index (χ4n) is 6.79. The normalized spacial score (nSPS) is 18.2. The molecule has 7 nitrogen and oxygen atoms in total. The van der Waals surface area contributed by atoms with Crippen LogP contribution in [0.1, 0.15) is 81.5 Å². The maximum Gasteiger partial charge on any atom is 0.261 e. The van der Waals surface area contributed by atoms with Crippen LogP contribution in [-0.2, 0) is 25.9 Å². The number of pyridine rings is 1. The summed E-state index contributed by atoms with van der Waals surface area (Å²) < 4.78 is 2.43. The van der Waals surface area contributed by atoms with Gasteiger partial charge in [-0.05, 0) is 86.9 Å². The zero-order valence-corrected chi connectivity index (χ0v) is 22.2. The number of carbonyl (C=O) groups is 2. The average Bonchev–Trinajstić information content (AvgIpc) is 3.45. The number of aromatic nitrogens is 3. The second-order valence-electron chi connectivity index (χ2n) is 11.0. The van der Waals surface area contributed by atoms with E-state index in [1.807, 2.05) is 24.4 Å². The summed E-state index contributed by atoms with van der Waals surface area (Å²) in [7, 11) is 0. The Morgan fingerprint density at radius 3 is 2.51 bits per heavy atom. The van der Waals surface area contributed by atoms with Crippen LogP contribution in [0.4, 0.5) is 0 Å². The molecule has 7 heteroatoms. The monoisotopic (exact) mass is 519 g/mol. The molecule has 1 unspecified atom stereocenters. The number of hydrogen-bond donors (Lipinski definition) is 0. The minimum absolute atomic E-state index is 0.170. The summed E-state index contributed by atoms with van der Waals surface area (Å²) in [5.74, 6) is 0.786. The number of fused-ring (bicyclic) bond motifs is 2. The van der Waals surface area contributed by atoms with Crippen molar-refractivity contribution in [2.45, 2.75) is 64.1 Å². The molecule has 4 heterocycles. The molecule has 4 aromatic rings. The molecule has 1 aliphatic carbocycles. The molecule has 0 saturated carbocycles. The molecule has 2 aromatic carbocycles. The van der Waals surface area contributed by atoms with E-state index in [1.165, 1.54) is 27.2 Å². The van der Waals surface area contributed by atoms with Crippen molar-refractivity contribution in [3.8, 4) is 0 Å². The lowest BCUT2D eigenvalue weighted by atomic mass is 9.90. The first-order valence-electron chi connectivity index (χ1n) is 14.3. The van der Waals surface area contributed by atoms with Gasteiger partial charge in [0, 0.05) is 19.3 Å². The van der Waals surface area contributed by atoms with Gasteiger partial charge >= 0.3 is 0 Å². The molecule has 39 heavy (non-hydrogen) atoms. The Kier molecular flexibility index (Phi) is 6.24. The third kappa shape index (κ3) is 4.25. The Morgan fingerprint density at radius 2 is 1.67 bits per heavy atom. The van der Waals surface area contributed by atoms with E-state index in [4.69, 9.17) is 9.97 Å². The molecule has 7 rings (SSSR count). The minimum atomic E-state index is -0.170. The molecular formula is C32H33N5O2. The number of imide groups is 1. The Bertz CT molecular complexity index is 1540. The topological polar surface area (TPSA) is 71.3 Å². The SMILES string of the molecule is O=C1c2ccccc2C(=O)N1CCCCN(Cc1nc2cccc3c2n1CCC3)C1CCCc2cccnc21. The van der Waals surface area contributed by atoms with E-state index < -0.39 is 0 Å². The Labute approximate surface area is 228 Å². The largest absolute Gasteiger partial charge is 0.327 e. The van der Waals surface area contributed by atoms with Crippen LogP contribution < -0.4 is 0 Å². The van der Waals surface area contributed by atoms with Crippen molar-refractivity contribution in [3.05, 3.63) is 94.6 Å². The van der Waals surface area contributed by atoms with E-state index in [-0.39, 0.29) is 17.9 Å². The lowest BCUT2D eigenvalue weighted by Gasteiger charge is -2.35. The number of aryl methyl sites for hydroxylation is 3. The van der Waals surface area contributed by atoms with Gasteiger partial charge in [0.1, 0.15) is 5.82 Å². The van der Waals surface area contributed by atoms with Gasteiger partial charge in [-0.3, -0.25) is 24.4 Å². The Balaban J connectivity index is 1.12. The molecule has 3 aliphatic rings. The van der Waals surface area contributed by atoms with Crippen LogP contribution in [0.25, 0.3) is 11.0 Å². The summed E-state index contributed by atoms with van der Waals surface area (Å²) in [5, 5.41) is 0. The maximum absolute atomic E-state index is 12.8. The summed E-state index contributed by atoms with van der Waals surface area (Å²) in [4.78, 5) is 39.6. The van der Waals surface area contributed by atoms with Crippen LogP contribution >= 0.6 is 0 Å². The van der Waals surface area contributed by atoms with Crippen LogP contribution in [0.15, 0.2) is 60.8 Å². The third-order valence-electron chi connectivity index (χ3n) is 8.66. The molecule has 2 aliphatic heterocycles. The van der Waals surface area contributed by atoms with Gasteiger partial charge in [0.05, 0.1) is 40.4 Å². The van der Waals surface area contributed by atoms with Gasteiger partial charge in [0.2, 0.25) is 0 Å². The summed E-state index contributed by atoms with van der Waals surface area (Å²) in [6, 6.07) is 18.1. The van der Waals surface area contributed by atoms with Crippen LogP contribution in [-0.4, -0.2) is 49.2 Å². The van der Waals surface area contributed by atoms with Crippen LogP contribution in [0.5, 0.6) is 0 Å². The van der Waals surface area contributed by atoms with Gasteiger partial charge in [-0.2, -0.15) is 0 Å². The molecule has 1 atom stereocenters. The first-order chi connectivity index (χ1) is 19.2. The van der Waals surface area contributed by atoms with Crippen molar-refractivity contribution in [2.24, 2.45) is 0 Å². The molecule has 2 amide bonds. The predicted octanol–water partition coefficient (Wildman–Crippen LogP) is 5.33. The van der Waals surface area contributed by atoms with Gasteiger partial charge in [-0.1, -0.05) is 30.3 Å². The second-order valence-corrected chi connectivity index (χ2v) is 11.0. The molecular weight excluding hydrogens is 486 g/mol. The van der Waals surface area contributed by atoms with Crippen molar-refractivity contribution in [3.63, 3.8) is 0 Å². The fourth-order valence-corrected chi connectivity index (χ4v) is 6.79. The Morgan fingerprint density at radius 1 is 0.872 bits per heavy atom. The van der Waals surface area contributed by atoms with E-state index in [9.17, 15) is 9.59 Å².